The topological polar surface area (TPSA) is 55.9 Å². The molecule has 2 saturated heterocycles. The van der Waals surface area contributed by atoms with Crippen molar-refractivity contribution in [3.8, 4) is 0 Å². The minimum absolute atomic E-state index is 0.0202. The molecule has 1 N–H and O–H groups in total. The number of carbonyl (C=O) groups excluding carboxylic acids is 2. The molecule has 7 heteroatoms. The van der Waals surface area contributed by atoms with Gasteiger partial charge in [-0.2, -0.15) is 0 Å². The zero-order valence-electron chi connectivity index (χ0n) is 17.7. The summed E-state index contributed by atoms with van der Waals surface area (Å²) in [6.45, 7) is 11.8. The summed E-state index contributed by atoms with van der Waals surface area (Å²) in [6, 6.07) is 6.92. The summed E-state index contributed by atoms with van der Waals surface area (Å²) < 4.78 is 0. The van der Waals surface area contributed by atoms with Crippen LogP contribution in [0, 0.1) is 11.8 Å². The number of amides is 2. The second kappa shape index (κ2) is 9.92. The highest BCUT2D eigenvalue weighted by Gasteiger charge is 2.29. The van der Waals surface area contributed by atoms with Gasteiger partial charge in [0.25, 0.3) is 0 Å². The Labute approximate surface area is 179 Å². The molecule has 2 aliphatic heterocycles. The van der Waals surface area contributed by atoms with Gasteiger partial charge >= 0.3 is 0 Å². The third-order valence-electron chi connectivity index (χ3n) is 6.03. The summed E-state index contributed by atoms with van der Waals surface area (Å²) in [5.41, 5.74) is 0.750. The lowest BCUT2D eigenvalue weighted by atomic mass is 9.92. The number of likely N-dealkylation sites (tertiary alicyclic amines) is 1. The first-order chi connectivity index (χ1) is 13.8. The Morgan fingerprint density at radius 2 is 1.66 bits per heavy atom. The Balaban J connectivity index is 1.44. The van der Waals surface area contributed by atoms with Gasteiger partial charge in [-0.05, 0) is 49.4 Å². The third-order valence-corrected chi connectivity index (χ3v) is 6.28. The van der Waals surface area contributed by atoms with Gasteiger partial charge in [-0.15, -0.1) is 0 Å². The van der Waals surface area contributed by atoms with Crippen LogP contribution in [0.3, 0.4) is 0 Å². The standard InChI is InChI=1S/C22H33ClN4O2/c1-16-12-17(2)14-27(13-16)21(28)15-25-8-10-26(11-9-25)18(3)22(29)24-20-6-4-19(23)5-7-20/h4-7,16-18H,8-15H2,1-3H3,(H,24,29)/t16-,17+,18-/m0/s1. The Morgan fingerprint density at radius 3 is 2.24 bits per heavy atom. The zero-order chi connectivity index (χ0) is 21.0. The van der Waals surface area contributed by atoms with Crippen molar-refractivity contribution < 1.29 is 9.59 Å². The number of hydrogen-bond donors (Lipinski definition) is 1. The maximum Gasteiger partial charge on any atom is 0.241 e. The summed E-state index contributed by atoms with van der Waals surface area (Å²) in [7, 11) is 0. The van der Waals surface area contributed by atoms with Gasteiger partial charge in [0.2, 0.25) is 11.8 Å². The lowest BCUT2D eigenvalue weighted by Gasteiger charge is -2.39. The first kappa shape index (κ1) is 22.1. The van der Waals surface area contributed by atoms with Crippen molar-refractivity contribution in [2.75, 3.05) is 51.1 Å². The molecule has 1 aromatic rings. The molecule has 0 aliphatic carbocycles. The molecule has 2 amide bonds. The highest BCUT2D eigenvalue weighted by molar-refractivity contribution is 6.30. The van der Waals surface area contributed by atoms with E-state index in [1.54, 1.807) is 24.3 Å². The van der Waals surface area contributed by atoms with E-state index in [0.717, 1.165) is 45.0 Å². The van der Waals surface area contributed by atoms with Crippen LogP contribution in [0.2, 0.25) is 5.02 Å². The number of halogens is 1. The molecular weight excluding hydrogens is 388 g/mol. The first-order valence-corrected chi connectivity index (χ1v) is 11.0. The quantitative estimate of drug-likeness (QED) is 0.795. The molecule has 29 heavy (non-hydrogen) atoms. The van der Waals surface area contributed by atoms with Crippen LogP contribution >= 0.6 is 11.6 Å². The van der Waals surface area contributed by atoms with Gasteiger partial charge in [0.05, 0.1) is 12.6 Å². The van der Waals surface area contributed by atoms with Gasteiger partial charge in [-0.1, -0.05) is 25.4 Å². The second-order valence-electron chi connectivity index (χ2n) is 8.73. The fourth-order valence-electron chi connectivity index (χ4n) is 4.41. The van der Waals surface area contributed by atoms with Crippen LogP contribution in [0.4, 0.5) is 5.69 Å². The van der Waals surface area contributed by atoms with Crippen LogP contribution in [-0.2, 0) is 9.59 Å². The highest BCUT2D eigenvalue weighted by Crippen LogP contribution is 2.21. The van der Waals surface area contributed by atoms with E-state index in [-0.39, 0.29) is 17.9 Å². The van der Waals surface area contributed by atoms with Crippen LogP contribution < -0.4 is 5.32 Å². The minimum Gasteiger partial charge on any atom is -0.341 e. The van der Waals surface area contributed by atoms with Crippen molar-refractivity contribution in [3.05, 3.63) is 29.3 Å². The second-order valence-corrected chi connectivity index (χ2v) is 9.17. The molecule has 2 fully saturated rings. The minimum atomic E-state index is -0.215. The number of piperazine rings is 1. The smallest absolute Gasteiger partial charge is 0.241 e. The number of nitrogens with zero attached hydrogens (tertiary/aromatic N) is 3. The van der Waals surface area contributed by atoms with E-state index in [9.17, 15) is 9.59 Å². The maximum atomic E-state index is 12.7. The third kappa shape index (κ3) is 6.17. The fourth-order valence-corrected chi connectivity index (χ4v) is 4.54. The van der Waals surface area contributed by atoms with Crippen LogP contribution in [0.15, 0.2) is 24.3 Å². The Bertz CT molecular complexity index is 693. The zero-order valence-corrected chi connectivity index (χ0v) is 18.5. The van der Waals surface area contributed by atoms with E-state index in [4.69, 9.17) is 11.6 Å². The molecule has 1 aromatic carbocycles. The first-order valence-electron chi connectivity index (χ1n) is 10.6. The number of piperidine rings is 1. The number of anilines is 1. The predicted molar refractivity (Wildman–Crippen MR) is 117 cm³/mol. The Kier molecular flexibility index (Phi) is 7.55. The van der Waals surface area contributed by atoms with E-state index >= 15 is 0 Å². The molecule has 0 saturated carbocycles. The van der Waals surface area contributed by atoms with E-state index in [1.807, 2.05) is 11.8 Å². The fraction of sp³-hybridized carbons (Fsp3) is 0.636. The van der Waals surface area contributed by atoms with Gasteiger partial charge in [-0.3, -0.25) is 19.4 Å². The summed E-state index contributed by atoms with van der Waals surface area (Å²) in [6.07, 6.45) is 1.21. The monoisotopic (exact) mass is 420 g/mol. The van der Waals surface area contributed by atoms with E-state index in [1.165, 1.54) is 6.42 Å². The van der Waals surface area contributed by atoms with Gasteiger partial charge in [-0.25, -0.2) is 0 Å². The van der Waals surface area contributed by atoms with Gasteiger partial charge in [0.1, 0.15) is 0 Å². The molecule has 0 unspecified atom stereocenters. The van der Waals surface area contributed by atoms with E-state index < -0.39 is 0 Å². The number of rotatable bonds is 5. The van der Waals surface area contributed by atoms with E-state index in [0.29, 0.717) is 23.4 Å². The van der Waals surface area contributed by atoms with Gasteiger partial charge in [0.15, 0.2) is 0 Å². The van der Waals surface area contributed by atoms with E-state index in [2.05, 4.69) is 29.0 Å². The van der Waals surface area contributed by atoms with Crippen LogP contribution in [-0.4, -0.2) is 78.4 Å². The Morgan fingerprint density at radius 1 is 1.07 bits per heavy atom. The highest BCUT2D eigenvalue weighted by atomic mass is 35.5. The molecule has 3 atom stereocenters. The lowest BCUT2D eigenvalue weighted by molar-refractivity contribution is -0.136. The summed E-state index contributed by atoms with van der Waals surface area (Å²) in [5.74, 6) is 1.39. The van der Waals surface area contributed by atoms with Crippen molar-refractivity contribution in [1.82, 2.24) is 14.7 Å². The summed E-state index contributed by atoms with van der Waals surface area (Å²) in [5, 5.41) is 3.60. The summed E-state index contributed by atoms with van der Waals surface area (Å²) in [4.78, 5) is 31.7. The number of nitrogens with one attached hydrogen (secondary N) is 1. The van der Waals surface area contributed by atoms with Crippen molar-refractivity contribution in [3.63, 3.8) is 0 Å². The van der Waals surface area contributed by atoms with Crippen molar-refractivity contribution in [1.29, 1.82) is 0 Å². The van der Waals surface area contributed by atoms with Crippen molar-refractivity contribution >= 4 is 29.1 Å². The molecule has 6 nitrogen and oxygen atoms in total. The molecule has 160 valence electrons. The van der Waals surface area contributed by atoms with Gasteiger partial charge in [0, 0.05) is 50.0 Å². The normalized spacial score (nSPS) is 24.9. The molecule has 2 heterocycles. The molecule has 0 radical (unpaired) electrons. The molecule has 2 aliphatic rings. The van der Waals surface area contributed by atoms with Crippen molar-refractivity contribution in [2.45, 2.75) is 33.2 Å². The van der Waals surface area contributed by atoms with Crippen LogP contribution in [0.5, 0.6) is 0 Å². The predicted octanol–water partition coefficient (Wildman–Crippen LogP) is 2.79. The Hall–Kier alpha value is -1.63. The maximum absolute atomic E-state index is 12.7. The summed E-state index contributed by atoms with van der Waals surface area (Å²) >= 11 is 5.89. The SMILES string of the molecule is C[C@@H]1C[C@H](C)CN(C(=O)CN2CCN([C@@H](C)C(=O)Nc3ccc(Cl)cc3)CC2)C1. The largest absolute Gasteiger partial charge is 0.341 e. The van der Waals surface area contributed by atoms with Gasteiger partial charge < -0.3 is 10.2 Å². The molecule has 0 aromatic heterocycles. The van der Waals surface area contributed by atoms with Crippen LogP contribution in [0.1, 0.15) is 27.2 Å². The molecular formula is C22H33ClN4O2. The molecule has 0 bridgehead atoms. The average molecular weight is 421 g/mol. The lowest BCUT2D eigenvalue weighted by Crippen LogP contribution is -2.55. The average Bonchev–Trinajstić information content (AvgIpc) is 2.69. The number of hydrogen-bond acceptors (Lipinski definition) is 4. The van der Waals surface area contributed by atoms with Crippen molar-refractivity contribution in [2.24, 2.45) is 11.8 Å². The molecule has 0 spiro atoms. The van der Waals surface area contributed by atoms with Crippen LogP contribution in [0.25, 0.3) is 0 Å². The number of benzene rings is 1. The molecule has 3 rings (SSSR count). The number of carbonyl (C=O) groups is 2.